The van der Waals surface area contributed by atoms with E-state index in [2.05, 4.69) is 42.5 Å². The molecule has 0 aliphatic rings. The van der Waals surface area contributed by atoms with Gasteiger partial charge in [0.25, 0.3) is 0 Å². The third-order valence-electron chi connectivity index (χ3n) is 2.71. The number of carbonyl (C=O) groups is 1. The minimum atomic E-state index is -0.116. The Hall–Kier alpha value is -1.53. The molecule has 0 heterocycles. The van der Waals surface area contributed by atoms with E-state index in [-0.39, 0.29) is 12.5 Å². The molecule has 0 spiro atoms. The summed E-state index contributed by atoms with van der Waals surface area (Å²) < 4.78 is 7.00. The number of benzene rings is 2. The molecular weight excluding hydrogens is 400 g/mol. The van der Waals surface area contributed by atoms with E-state index in [9.17, 15) is 4.79 Å². The average Bonchev–Trinajstić information content (AvgIpc) is 2.46. The molecule has 0 atom stereocenters. The van der Waals surface area contributed by atoms with Crippen molar-refractivity contribution in [2.75, 3.05) is 24.3 Å². The van der Waals surface area contributed by atoms with Crippen molar-refractivity contribution in [3.8, 4) is 5.75 Å². The van der Waals surface area contributed by atoms with Crippen LogP contribution in [0.15, 0.2) is 51.4 Å². The summed E-state index contributed by atoms with van der Waals surface area (Å²) in [6.45, 7) is 0.178. The predicted octanol–water partition coefficient (Wildman–Crippen LogP) is 4.27. The maximum absolute atomic E-state index is 11.9. The van der Waals surface area contributed by atoms with Crippen molar-refractivity contribution >= 4 is 49.1 Å². The zero-order valence-corrected chi connectivity index (χ0v) is 14.5. The number of nitrogens with one attached hydrogen (secondary N) is 2. The van der Waals surface area contributed by atoms with Gasteiger partial charge in [-0.05, 0) is 46.3 Å². The lowest BCUT2D eigenvalue weighted by molar-refractivity contribution is -0.114. The Balaban J connectivity index is 1.92. The first kappa shape index (κ1) is 15.9. The number of carbonyl (C=O) groups excluding carboxylic acids is 1. The first-order valence-corrected chi connectivity index (χ1v) is 7.80. The Morgan fingerprint density at radius 1 is 1.14 bits per heavy atom. The Kier molecular flexibility index (Phi) is 5.64. The summed E-state index contributed by atoms with van der Waals surface area (Å²) >= 11 is 6.75. The van der Waals surface area contributed by atoms with Gasteiger partial charge in [0.05, 0.1) is 18.1 Å². The zero-order valence-electron chi connectivity index (χ0n) is 11.3. The normalized spacial score (nSPS) is 10.0. The van der Waals surface area contributed by atoms with Gasteiger partial charge in [-0.15, -0.1) is 0 Å². The summed E-state index contributed by atoms with van der Waals surface area (Å²) in [5.74, 6) is 0.599. The van der Waals surface area contributed by atoms with Gasteiger partial charge in [0.2, 0.25) is 5.91 Å². The number of hydrogen-bond donors (Lipinski definition) is 2. The van der Waals surface area contributed by atoms with Gasteiger partial charge in [0.15, 0.2) is 0 Å². The molecule has 110 valence electrons. The number of hydrogen-bond acceptors (Lipinski definition) is 3. The minimum absolute atomic E-state index is 0.116. The molecule has 4 nitrogen and oxygen atoms in total. The highest BCUT2D eigenvalue weighted by atomic mass is 79.9. The second kappa shape index (κ2) is 7.47. The molecule has 1 amide bonds. The number of methoxy groups -OCH3 is 1. The predicted molar refractivity (Wildman–Crippen MR) is 92.0 cm³/mol. The van der Waals surface area contributed by atoms with Crippen molar-refractivity contribution in [3.63, 3.8) is 0 Å². The molecule has 0 radical (unpaired) electrons. The van der Waals surface area contributed by atoms with E-state index in [4.69, 9.17) is 4.74 Å². The molecular formula is C15H14Br2N2O2. The molecule has 0 fully saturated rings. The lowest BCUT2D eigenvalue weighted by Gasteiger charge is -2.10. The van der Waals surface area contributed by atoms with Gasteiger partial charge in [-0.25, -0.2) is 0 Å². The van der Waals surface area contributed by atoms with Crippen LogP contribution >= 0.6 is 31.9 Å². The van der Waals surface area contributed by atoms with Gasteiger partial charge >= 0.3 is 0 Å². The third-order valence-corrected chi connectivity index (χ3v) is 3.86. The largest absolute Gasteiger partial charge is 0.495 e. The average molecular weight is 414 g/mol. The van der Waals surface area contributed by atoms with E-state index in [1.807, 2.05) is 42.5 Å². The standard InChI is InChI=1S/C15H14Br2N2O2/c1-21-14-8-11(5-6-13(14)17)18-9-15(20)19-12-4-2-3-10(16)7-12/h2-8,18H,9H2,1H3,(H,19,20). The SMILES string of the molecule is COc1cc(NCC(=O)Nc2cccc(Br)c2)ccc1Br. The smallest absolute Gasteiger partial charge is 0.243 e. The first-order chi connectivity index (χ1) is 10.1. The van der Waals surface area contributed by atoms with Crippen LogP contribution in [0, 0.1) is 0 Å². The molecule has 0 aliphatic carbocycles. The number of amides is 1. The highest BCUT2D eigenvalue weighted by molar-refractivity contribution is 9.10. The molecule has 0 aliphatic heterocycles. The van der Waals surface area contributed by atoms with E-state index in [0.29, 0.717) is 5.75 Å². The Morgan fingerprint density at radius 3 is 2.67 bits per heavy atom. The summed E-state index contributed by atoms with van der Waals surface area (Å²) in [7, 11) is 1.60. The Bertz CT molecular complexity index is 647. The van der Waals surface area contributed by atoms with Gasteiger partial charge in [0, 0.05) is 21.9 Å². The molecule has 2 N–H and O–H groups in total. The highest BCUT2D eigenvalue weighted by Gasteiger charge is 2.05. The van der Waals surface area contributed by atoms with E-state index < -0.39 is 0 Å². The summed E-state index contributed by atoms with van der Waals surface area (Å²) in [5, 5.41) is 5.88. The monoisotopic (exact) mass is 412 g/mol. The van der Waals surface area contributed by atoms with Crippen molar-refractivity contribution in [1.29, 1.82) is 0 Å². The number of halogens is 2. The lowest BCUT2D eigenvalue weighted by Crippen LogP contribution is -2.21. The number of rotatable bonds is 5. The van der Waals surface area contributed by atoms with Gasteiger partial charge in [-0.2, -0.15) is 0 Å². The third kappa shape index (κ3) is 4.75. The van der Waals surface area contributed by atoms with Crippen molar-refractivity contribution in [2.24, 2.45) is 0 Å². The lowest BCUT2D eigenvalue weighted by atomic mass is 10.3. The van der Waals surface area contributed by atoms with Crippen LogP contribution in [0.3, 0.4) is 0 Å². The molecule has 0 bridgehead atoms. The summed E-state index contributed by atoms with van der Waals surface area (Å²) in [6, 6.07) is 13.0. The van der Waals surface area contributed by atoms with Crippen molar-refractivity contribution < 1.29 is 9.53 Å². The van der Waals surface area contributed by atoms with E-state index in [0.717, 1.165) is 20.3 Å². The van der Waals surface area contributed by atoms with Crippen LogP contribution in [0.2, 0.25) is 0 Å². The molecule has 0 saturated carbocycles. The van der Waals surface area contributed by atoms with Crippen LogP contribution in [0.5, 0.6) is 5.75 Å². The fraction of sp³-hybridized carbons (Fsp3) is 0.133. The Labute approximate surface area is 140 Å². The van der Waals surface area contributed by atoms with Crippen molar-refractivity contribution in [3.05, 3.63) is 51.4 Å². The minimum Gasteiger partial charge on any atom is -0.495 e. The fourth-order valence-corrected chi connectivity index (χ4v) is 2.53. The van der Waals surface area contributed by atoms with Crippen LogP contribution in [0.25, 0.3) is 0 Å². The van der Waals surface area contributed by atoms with Crippen molar-refractivity contribution in [2.45, 2.75) is 0 Å². The van der Waals surface area contributed by atoms with Gasteiger partial charge in [0.1, 0.15) is 5.75 Å². The van der Waals surface area contributed by atoms with Crippen molar-refractivity contribution in [1.82, 2.24) is 0 Å². The molecule has 0 aromatic heterocycles. The van der Waals surface area contributed by atoms with E-state index in [1.54, 1.807) is 7.11 Å². The summed E-state index contributed by atoms with van der Waals surface area (Å²) in [5.41, 5.74) is 1.57. The molecule has 6 heteroatoms. The molecule has 2 aromatic carbocycles. The topological polar surface area (TPSA) is 50.4 Å². The molecule has 21 heavy (non-hydrogen) atoms. The van der Waals surface area contributed by atoms with Gasteiger partial charge in [-0.3, -0.25) is 4.79 Å². The number of ether oxygens (including phenoxy) is 1. The summed E-state index contributed by atoms with van der Waals surface area (Å²) in [6.07, 6.45) is 0. The second-order valence-electron chi connectivity index (χ2n) is 4.26. The van der Waals surface area contributed by atoms with Crippen LogP contribution in [-0.4, -0.2) is 19.6 Å². The summed E-state index contributed by atoms with van der Waals surface area (Å²) in [4.78, 5) is 11.9. The maximum Gasteiger partial charge on any atom is 0.243 e. The van der Waals surface area contributed by atoms with Gasteiger partial charge < -0.3 is 15.4 Å². The molecule has 0 saturated heterocycles. The van der Waals surface area contributed by atoms with Crippen LogP contribution in [-0.2, 0) is 4.79 Å². The van der Waals surface area contributed by atoms with E-state index in [1.165, 1.54) is 0 Å². The first-order valence-electron chi connectivity index (χ1n) is 6.21. The van der Waals surface area contributed by atoms with Crippen LogP contribution in [0.4, 0.5) is 11.4 Å². The quantitative estimate of drug-likeness (QED) is 0.769. The second-order valence-corrected chi connectivity index (χ2v) is 6.03. The molecule has 0 unspecified atom stereocenters. The van der Waals surface area contributed by atoms with Crippen LogP contribution < -0.4 is 15.4 Å². The van der Waals surface area contributed by atoms with Gasteiger partial charge in [-0.1, -0.05) is 22.0 Å². The maximum atomic E-state index is 11.9. The fourth-order valence-electron chi connectivity index (χ4n) is 1.72. The highest BCUT2D eigenvalue weighted by Crippen LogP contribution is 2.27. The van der Waals surface area contributed by atoms with E-state index >= 15 is 0 Å². The zero-order chi connectivity index (χ0) is 15.2. The molecule has 2 rings (SSSR count). The number of anilines is 2. The van der Waals surface area contributed by atoms with Crippen LogP contribution in [0.1, 0.15) is 0 Å². The Morgan fingerprint density at radius 2 is 1.95 bits per heavy atom. The molecule has 2 aromatic rings.